The Morgan fingerprint density at radius 2 is 1.77 bits per heavy atom. The van der Waals surface area contributed by atoms with Crippen LogP contribution in [0.15, 0.2) is 35.1 Å². The third-order valence-corrected chi connectivity index (χ3v) is 5.52. The number of rotatable bonds is 5. The van der Waals surface area contributed by atoms with Gasteiger partial charge in [0.25, 0.3) is 5.56 Å². The fraction of sp³-hybridized carbons (Fsp3) is 0.364. The van der Waals surface area contributed by atoms with Crippen LogP contribution in [0.3, 0.4) is 0 Å². The number of aromatic hydroxyl groups is 1. The standard InChI is InChI=1S/C22H25N3O5/c1-28-15-5-4-14(18(26)10-15)13-24-7-6-21-23-17-12-20(30-3)19(29-2)11-16(17)22(27)25(21)9-8-24/h4-5,10-12,26H,6-9,13H2,1-3H3. The monoisotopic (exact) mass is 411 g/mol. The topological polar surface area (TPSA) is 86.1 Å². The molecule has 8 nitrogen and oxygen atoms in total. The van der Waals surface area contributed by atoms with E-state index in [1.165, 1.54) is 0 Å². The summed E-state index contributed by atoms with van der Waals surface area (Å²) in [6.07, 6.45) is 0.635. The number of phenols is 1. The molecule has 0 saturated heterocycles. The van der Waals surface area contributed by atoms with Crippen LogP contribution in [0.4, 0.5) is 0 Å². The molecule has 0 atom stereocenters. The van der Waals surface area contributed by atoms with E-state index in [4.69, 9.17) is 19.2 Å². The average Bonchev–Trinajstić information content (AvgIpc) is 2.97. The molecule has 0 saturated carbocycles. The maximum absolute atomic E-state index is 13.1. The Morgan fingerprint density at radius 1 is 1.00 bits per heavy atom. The van der Waals surface area contributed by atoms with E-state index in [9.17, 15) is 9.90 Å². The van der Waals surface area contributed by atoms with E-state index >= 15 is 0 Å². The second kappa shape index (κ2) is 8.23. The minimum atomic E-state index is -0.0786. The van der Waals surface area contributed by atoms with Crippen molar-refractivity contribution in [3.05, 3.63) is 52.1 Å². The highest BCUT2D eigenvalue weighted by Gasteiger charge is 2.20. The molecule has 4 rings (SSSR count). The van der Waals surface area contributed by atoms with E-state index in [-0.39, 0.29) is 11.3 Å². The highest BCUT2D eigenvalue weighted by molar-refractivity contribution is 5.82. The van der Waals surface area contributed by atoms with Crippen molar-refractivity contribution in [1.82, 2.24) is 14.5 Å². The van der Waals surface area contributed by atoms with Crippen molar-refractivity contribution in [1.29, 1.82) is 0 Å². The van der Waals surface area contributed by atoms with Gasteiger partial charge in [0.1, 0.15) is 17.3 Å². The Balaban J connectivity index is 1.62. The molecule has 0 bridgehead atoms. The summed E-state index contributed by atoms with van der Waals surface area (Å²) in [4.78, 5) is 20.1. The third-order valence-electron chi connectivity index (χ3n) is 5.52. The predicted molar refractivity (Wildman–Crippen MR) is 113 cm³/mol. The zero-order chi connectivity index (χ0) is 21.3. The van der Waals surface area contributed by atoms with Crippen molar-refractivity contribution in [2.24, 2.45) is 0 Å². The summed E-state index contributed by atoms with van der Waals surface area (Å²) < 4.78 is 17.6. The molecule has 0 fully saturated rings. The summed E-state index contributed by atoms with van der Waals surface area (Å²) in [6, 6.07) is 8.75. The first-order valence-corrected chi connectivity index (χ1v) is 9.77. The van der Waals surface area contributed by atoms with Crippen molar-refractivity contribution in [3.63, 3.8) is 0 Å². The molecule has 1 N–H and O–H groups in total. The van der Waals surface area contributed by atoms with Gasteiger partial charge < -0.3 is 19.3 Å². The number of hydrogen-bond donors (Lipinski definition) is 1. The molecule has 0 spiro atoms. The van der Waals surface area contributed by atoms with Crippen LogP contribution in [0.5, 0.6) is 23.0 Å². The van der Waals surface area contributed by atoms with Crippen LogP contribution >= 0.6 is 0 Å². The first kappa shape index (κ1) is 20.0. The van der Waals surface area contributed by atoms with Crippen molar-refractivity contribution in [3.8, 4) is 23.0 Å². The zero-order valence-corrected chi connectivity index (χ0v) is 17.3. The molecule has 8 heteroatoms. The number of fused-ring (bicyclic) bond motifs is 2. The number of nitrogens with zero attached hydrogens (tertiary/aromatic N) is 3. The van der Waals surface area contributed by atoms with E-state index < -0.39 is 0 Å². The number of ether oxygens (including phenoxy) is 3. The molecule has 1 aromatic heterocycles. The lowest BCUT2D eigenvalue weighted by molar-refractivity contribution is 0.267. The Labute approximate surface area is 174 Å². The molecule has 158 valence electrons. The summed E-state index contributed by atoms with van der Waals surface area (Å²) in [7, 11) is 4.68. The molecule has 3 aromatic rings. The molecule has 30 heavy (non-hydrogen) atoms. The maximum atomic E-state index is 13.1. The van der Waals surface area contributed by atoms with Gasteiger partial charge in [-0.15, -0.1) is 0 Å². The van der Waals surface area contributed by atoms with Crippen LogP contribution in [-0.4, -0.2) is 54.0 Å². The summed E-state index contributed by atoms with van der Waals surface area (Å²) >= 11 is 0. The van der Waals surface area contributed by atoms with Crippen LogP contribution in [0.1, 0.15) is 11.4 Å². The minimum Gasteiger partial charge on any atom is -0.507 e. The summed E-state index contributed by atoms with van der Waals surface area (Å²) in [5.74, 6) is 2.63. The van der Waals surface area contributed by atoms with Crippen LogP contribution in [0.2, 0.25) is 0 Å². The maximum Gasteiger partial charge on any atom is 0.261 e. The van der Waals surface area contributed by atoms with Gasteiger partial charge in [-0.3, -0.25) is 14.3 Å². The fourth-order valence-corrected chi connectivity index (χ4v) is 3.83. The lowest BCUT2D eigenvalue weighted by Crippen LogP contribution is -2.28. The first-order valence-electron chi connectivity index (χ1n) is 9.77. The second-order valence-electron chi connectivity index (χ2n) is 7.23. The molecular weight excluding hydrogens is 386 g/mol. The van der Waals surface area contributed by atoms with E-state index in [2.05, 4.69) is 4.90 Å². The molecule has 0 radical (unpaired) electrons. The van der Waals surface area contributed by atoms with Gasteiger partial charge in [-0.05, 0) is 12.1 Å². The zero-order valence-electron chi connectivity index (χ0n) is 17.3. The van der Waals surface area contributed by atoms with Crippen LogP contribution in [-0.2, 0) is 19.5 Å². The molecule has 1 aliphatic rings. The molecule has 0 amide bonds. The van der Waals surface area contributed by atoms with Crippen molar-refractivity contribution in [2.75, 3.05) is 34.4 Å². The van der Waals surface area contributed by atoms with Gasteiger partial charge in [-0.25, -0.2) is 4.98 Å². The van der Waals surface area contributed by atoms with Gasteiger partial charge >= 0.3 is 0 Å². The van der Waals surface area contributed by atoms with E-state index in [1.807, 2.05) is 12.1 Å². The molecule has 1 aliphatic heterocycles. The van der Waals surface area contributed by atoms with Crippen LogP contribution < -0.4 is 19.8 Å². The van der Waals surface area contributed by atoms with Gasteiger partial charge in [0.05, 0.1) is 32.2 Å². The van der Waals surface area contributed by atoms with Crippen molar-refractivity contribution in [2.45, 2.75) is 19.5 Å². The first-order chi connectivity index (χ1) is 14.5. The van der Waals surface area contributed by atoms with Gasteiger partial charge in [0, 0.05) is 50.3 Å². The minimum absolute atomic E-state index is 0.0786. The quantitative estimate of drug-likeness (QED) is 0.689. The highest BCUT2D eigenvalue weighted by atomic mass is 16.5. The number of benzene rings is 2. The SMILES string of the molecule is COc1ccc(CN2CCc3nc4cc(OC)c(OC)cc4c(=O)n3CC2)c(O)c1. The Hall–Kier alpha value is -3.26. The Bertz CT molecular complexity index is 1140. The summed E-state index contributed by atoms with van der Waals surface area (Å²) in [6.45, 7) is 2.53. The summed E-state index contributed by atoms with van der Waals surface area (Å²) in [5.41, 5.74) is 1.34. The van der Waals surface area contributed by atoms with Crippen LogP contribution in [0, 0.1) is 0 Å². The third kappa shape index (κ3) is 3.66. The van der Waals surface area contributed by atoms with Gasteiger partial charge in [-0.1, -0.05) is 6.07 Å². The van der Waals surface area contributed by atoms with Crippen LogP contribution in [0.25, 0.3) is 10.9 Å². The fourth-order valence-electron chi connectivity index (χ4n) is 3.83. The highest BCUT2D eigenvalue weighted by Crippen LogP contribution is 2.30. The Kier molecular flexibility index (Phi) is 5.50. The van der Waals surface area contributed by atoms with Gasteiger partial charge in [0.15, 0.2) is 11.5 Å². The predicted octanol–water partition coefficient (Wildman–Crippen LogP) is 2.19. The molecule has 2 heterocycles. The average molecular weight is 411 g/mol. The molecule has 0 unspecified atom stereocenters. The summed E-state index contributed by atoms with van der Waals surface area (Å²) in [5, 5.41) is 10.8. The smallest absolute Gasteiger partial charge is 0.261 e. The lowest BCUT2D eigenvalue weighted by Gasteiger charge is -2.20. The molecule has 0 aliphatic carbocycles. The number of phenolic OH excluding ortho intramolecular Hbond substituents is 1. The molecule has 2 aromatic carbocycles. The lowest BCUT2D eigenvalue weighted by atomic mass is 10.1. The van der Waals surface area contributed by atoms with Gasteiger partial charge in [-0.2, -0.15) is 0 Å². The van der Waals surface area contributed by atoms with Crippen molar-refractivity contribution >= 4 is 10.9 Å². The Morgan fingerprint density at radius 3 is 2.47 bits per heavy atom. The van der Waals surface area contributed by atoms with Gasteiger partial charge in [0.2, 0.25) is 0 Å². The number of methoxy groups -OCH3 is 3. The number of aromatic nitrogens is 2. The normalized spacial score (nSPS) is 14.2. The van der Waals surface area contributed by atoms with E-state index in [0.717, 1.165) is 17.9 Å². The van der Waals surface area contributed by atoms with E-state index in [0.29, 0.717) is 54.2 Å². The second-order valence-corrected chi connectivity index (χ2v) is 7.23. The number of hydrogen-bond acceptors (Lipinski definition) is 7. The van der Waals surface area contributed by atoms with E-state index in [1.54, 1.807) is 44.1 Å². The largest absolute Gasteiger partial charge is 0.507 e. The van der Waals surface area contributed by atoms with Crippen molar-refractivity contribution < 1.29 is 19.3 Å². The molecular formula is C22H25N3O5.